The zero-order valence-corrected chi connectivity index (χ0v) is 15.2. The molecule has 0 radical (unpaired) electrons. The van der Waals surface area contributed by atoms with Crippen molar-refractivity contribution in [3.8, 4) is 10.4 Å². The van der Waals surface area contributed by atoms with Crippen LogP contribution < -0.4 is 5.73 Å². The van der Waals surface area contributed by atoms with Crippen molar-refractivity contribution >= 4 is 34.5 Å². The fourth-order valence-corrected chi connectivity index (χ4v) is 3.90. The van der Waals surface area contributed by atoms with Gasteiger partial charge in [-0.15, -0.1) is 11.3 Å². The zero-order chi connectivity index (χ0) is 17.1. The molecule has 1 heterocycles. The van der Waals surface area contributed by atoms with E-state index in [1.807, 2.05) is 47.8 Å². The topological polar surface area (TPSA) is 46.2 Å². The largest absolute Gasteiger partial charge is 0.388 e. The summed E-state index contributed by atoms with van der Waals surface area (Å²) < 4.78 is 0. The molecule has 0 aliphatic carbocycles. The summed E-state index contributed by atoms with van der Waals surface area (Å²) in [4.78, 5) is 1.12. The van der Waals surface area contributed by atoms with Crippen molar-refractivity contribution < 1.29 is 5.11 Å². The van der Waals surface area contributed by atoms with Crippen LogP contribution in [0.2, 0.25) is 10.0 Å². The third kappa shape index (κ3) is 3.51. The monoisotopic (exact) mass is 377 g/mol. The molecule has 0 aliphatic rings. The van der Waals surface area contributed by atoms with E-state index >= 15 is 0 Å². The van der Waals surface area contributed by atoms with E-state index in [2.05, 4.69) is 0 Å². The van der Waals surface area contributed by atoms with Crippen LogP contribution in [-0.4, -0.2) is 11.7 Å². The third-order valence-corrected chi connectivity index (χ3v) is 5.72. The van der Waals surface area contributed by atoms with Crippen LogP contribution in [-0.2, 0) is 0 Å². The number of hydrogen-bond acceptors (Lipinski definition) is 3. The van der Waals surface area contributed by atoms with Crippen molar-refractivity contribution in [2.24, 2.45) is 5.73 Å². The summed E-state index contributed by atoms with van der Waals surface area (Å²) >= 11 is 13.8. The second-order valence-corrected chi connectivity index (χ2v) is 7.29. The molecule has 3 rings (SSSR count). The Balaban J connectivity index is 2.01. The molecule has 0 spiro atoms. The minimum absolute atomic E-state index is 0.263. The molecule has 2 nitrogen and oxygen atoms in total. The van der Waals surface area contributed by atoms with E-state index in [9.17, 15) is 5.11 Å². The highest BCUT2D eigenvalue weighted by Crippen LogP contribution is 2.38. The molecule has 24 heavy (non-hydrogen) atoms. The van der Waals surface area contributed by atoms with E-state index in [1.54, 1.807) is 23.5 Å². The first-order chi connectivity index (χ1) is 11.6. The van der Waals surface area contributed by atoms with Gasteiger partial charge in [-0.1, -0.05) is 59.6 Å². The molecule has 124 valence electrons. The Bertz CT molecular complexity index is 820. The first-order valence-corrected chi connectivity index (χ1v) is 9.21. The van der Waals surface area contributed by atoms with Gasteiger partial charge in [0.2, 0.25) is 0 Å². The number of aliphatic hydroxyl groups excluding tert-OH is 1. The minimum atomic E-state index is -0.731. The van der Waals surface area contributed by atoms with Crippen LogP contribution >= 0.6 is 34.5 Å². The van der Waals surface area contributed by atoms with Crippen molar-refractivity contribution in [1.82, 2.24) is 0 Å². The van der Waals surface area contributed by atoms with E-state index in [0.717, 1.165) is 21.6 Å². The fourth-order valence-electron chi connectivity index (χ4n) is 2.82. The minimum Gasteiger partial charge on any atom is -0.388 e. The van der Waals surface area contributed by atoms with Gasteiger partial charge in [-0.3, -0.25) is 0 Å². The maximum Gasteiger partial charge on any atom is 0.0876 e. The molecular weight excluding hydrogens is 361 g/mol. The third-order valence-electron chi connectivity index (χ3n) is 4.07. The smallest absolute Gasteiger partial charge is 0.0876 e. The van der Waals surface area contributed by atoms with Crippen LogP contribution in [0.4, 0.5) is 0 Å². The van der Waals surface area contributed by atoms with Gasteiger partial charge >= 0.3 is 0 Å². The van der Waals surface area contributed by atoms with Gasteiger partial charge in [0.05, 0.1) is 16.1 Å². The molecule has 0 fully saturated rings. The number of benzene rings is 2. The van der Waals surface area contributed by atoms with Crippen molar-refractivity contribution in [2.45, 2.75) is 12.0 Å². The van der Waals surface area contributed by atoms with Crippen LogP contribution in [0.15, 0.2) is 60.0 Å². The summed E-state index contributed by atoms with van der Waals surface area (Å²) in [6.07, 6.45) is -0.731. The van der Waals surface area contributed by atoms with Gasteiger partial charge < -0.3 is 10.8 Å². The summed E-state index contributed by atoms with van der Waals surface area (Å²) in [5, 5.41) is 14.0. The lowest BCUT2D eigenvalue weighted by Gasteiger charge is -2.24. The highest BCUT2D eigenvalue weighted by molar-refractivity contribution is 7.13. The lowest BCUT2D eigenvalue weighted by Crippen LogP contribution is -2.20. The first-order valence-electron chi connectivity index (χ1n) is 7.57. The van der Waals surface area contributed by atoms with Gasteiger partial charge in [0.25, 0.3) is 0 Å². The van der Waals surface area contributed by atoms with E-state index < -0.39 is 6.10 Å². The Morgan fingerprint density at radius 1 is 1.00 bits per heavy atom. The molecule has 0 amide bonds. The van der Waals surface area contributed by atoms with Gasteiger partial charge in [0.1, 0.15) is 0 Å². The predicted octanol–water partition coefficient (Wildman–Crippen LogP) is 5.50. The Morgan fingerprint density at radius 2 is 1.79 bits per heavy atom. The summed E-state index contributed by atoms with van der Waals surface area (Å²) in [7, 11) is 0. The second kappa shape index (κ2) is 7.68. The van der Waals surface area contributed by atoms with E-state index in [0.29, 0.717) is 16.6 Å². The summed E-state index contributed by atoms with van der Waals surface area (Å²) in [5.74, 6) is -0.263. The molecule has 3 N–H and O–H groups in total. The Morgan fingerprint density at radius 3 is 2.46 bits per heavy atom. The summed E-state index contributed by atoms with van der Waals surface area (Å²) in [6.45, 7) is 0.303. The number of nitrogens with two attached hydrogens (primary N) is 1. The molecular formula is C19H17Cl2NOS. The number of thiophene rings is 1. The van der Waals surface area contributed by atoms with E-state index in [-0.39, 0.29) is 5.92 Å². The van der Waals surface area contributed by atoms with Crippen LogP contribution in [0.1, 0.15) is 23.1 Å². The van der Waals surface area contributed by atoms with Crippen molar-refractivity contribution in [2.75, 3.05) is 6.54 Å². The molecule has 1 aromatic heterocycles. The predicted molar refractivity (Wildman–Crippen MR) is 103 cm³/mol. The summed E-state index contributed by atoms with van der Waals surface area (Å²) in [5.41, 5.74) is 8.73. The van der Waals surface area contributed by atoms with Crippen LogP contribution in [0.5, 0.6) is 0 Å². The maximum absolute atomic E-state index is 11.0. The second-order valence-electron chi connectivity index (χ2n) is 5.53. The normalized spacial score (nSPS) is 13.7. The summed E-state index contributed by atoms with van der Waals surface area (Å²) in [6, 6.07) is 17.3. The lowest BCUT2D eigenvalue weighted by molar-refractivity contribution is 0.148. The van der Waals surface area contributed by atoms with Crippen molar-refractivity contribution in [1.29, 1.82) is 0 Å². The Hall–Kier alpha value is -1.36. The molecule has 0 saturated heterocycles. The fraction of sp³-hybridized carbons (Fsp3) is 0.158. The molecule has 2 unspecified atom stereocenters. The standard InChI is InChI=1S/C19H17Cl2NOS/c20-16-8-7-12(10-17(16)21)15(11-22)19(23)14-5-2-1-4-13(14)18-6-3-9-24-18/h1-10,15,19,23H,11,22H2. The average Bonchev–Trinajstić information content (AvgIpc) is 3.13. The number of hydrogen-bond donors (Lipinski definition) is 2. The first kappa shape index (κ1) is 17.5. The Labute approximate surface area is 155 Å². The van der Waals surface area contributed by atoms with Gasteiger partial charge in [0.15, 0.2) is 0 Å². The average molecular weight is 378 g/mol. The molecule has 2 atom stereocenters. The van der Waals surface area contributed by atoms with Gasteiger partial charge in [-0.2, -0.15) is 0 Å². The van der Waals surface area contributed by atoms with Crippen LogP contribution in [0.25, 0.3) is 10.4 Å². The van der Waals surface area contributed by atoms with Gasteiger partial charge in [-0.05, 0) is 40.3 Å². The highest BCUT2D eigenvalue weighted by atomic mass is 35.5. The number of aliphatic hydroxyl groups is 1. The highest BCUT2D eigenvalue weighted by Gasteiger charge is 2.24. The van der Waals surface area contributed by atoms with Crippen molar-refractivity contribution in [3.05, 3.63) is 81.1 Å². The molecule has 2 aromatic carbocycles. The molecule has 3 aromatic rings. The lowest BCUT2D eigenvalue weighted by atomic mass is 9.87. The molecule has 0 saturated carbocycles. The van der Waals surface area contributed by atoms with Gasteiger partial charge in [-0.25, -0.2) is 0 Å². The van der Waals surface area contributed by atoms with Crippen LogP contribution in [0.3, 0.4) is 0 Å². The van der Waals surface area contributed by atoms with Crippen molar-refractivity contribution in [3.63, 3.8) is 0 Å². The van der Waals surface area contributed by atoms with Crippen LogP contribution in [0, 0.1) is 0 Å². The zero-order valence-electron chi connectivity index (χ0n) is 12.8. The maximum atomic E-state index is 11.0. The number of halogens is 2. The number of rotatable bonds is 5. The Kier molecular flexibility index (Phi) is 5.59. The van der Waals surface area contributed by atoms with E-state index in [1.165, 1.54) is 0 Å². The SMILES string of the molecule is NCC(c1ccc(Cl)c(Cl)c1)C(O)c1ccccc1-c1cccs1. The van der Waals surface area contributed by atoms with Gasteiger partial charge in [0, 0.05) is 17.3 Å². The quantitative estimate of drug-likeness (QED) is 0.616. The molecule has 5 heteroatoms. The molecule has 0 aliphatic heterocycles. The molecule has 0 bridgehead atoms. The van der Waals surface area contributed by atoms with E-state index in [4.69, 9.17) is 28.9 Å².